The van der Waals surface area contributed by atoms with Crippen molar-refractivity contribution in [3.8, 4) is 0 Å². The van der Waals surface area contributed by atoms with Gasteiger partial charge in [0.2, 0.25) is 5.91 Å². The van der Waals surface area contributed by atoms with Gasteiger partial charge in [-0.15, -0.1) is 0 Å². The van der Waals surface area contributed by atoms with Crippen molar-refractivity contribution in [3.63, 3.8) is 0 Å². The van der Waals surface area contributed by atoms with Gasteiger partial charge < -0.3 is 4.90 Å². The van der Waals surface area contributed by atoms with Crippen molar-refractivity contribution < 1.29 is 17.8 Å². The lowest BCUT2D eigenvalue weighted by Crippen LogP contribution is -2.31. The van der Waals surface area contributed by atoms with Crippen LogP contribution in [0, 0.1) is 0 Å². The van der Waals surface area contributed by atoms with Crippen LogP contribution in [-0.2, 0) is 20.3 Å². The highest BCUT2D eigenvalue weighted by Gasteiger charge is 2.22. The monoisotopic (exact) mass is 367 g/mol. The van der Waals surface area contributed by atoms with E-state index >= 15 is 0 Å². The van der Waals surface area contributed by atoms with Crippen LogP contribution >= 0.6 is 0 Å². The average Bonchev–Trinajstić information content (AvgIpc) is 2.75. The number of carbonyl (C=O) groups is 1. The number of hydrogen-bond donors (Lipinski definition) is 1. The van der Waals surface area contributed by atoms with Gasteiger partial charge in [-0.2, -0.15) is 8.42 Å². The van der Waals surface area contributed by atoms with Gasteiger partial charge in [-0.05, 0) is 48.8 Å². The van der Waals surface area contributed by atoms with Gasteiger partial charge >= 0.3 is 0 Å². The number of rotatable bonds is 7. The molecule has 1 aromatic carbocycles. The lowest BCUT2D eigenvalue weighted by atomic mass is 9.80. The van der Waals surface area contributed by atoms with E-state index in [4.69, 9.17) is 4.55 Å². The molecule has 1 aliphatic rings. The third kappa shape index (κ3) is 5.82. The van der Waals surface area contributed by atoms with Gasteiger partial charge in [0.1, 0.15) is 0 Å². The Hall–Kier alpha value is -1.40. The zero-order chi connectivity index (χ0) is 18.5. The van der Waals surface area contributed by atoms with Gasteiger partial charge in [-0.25, -0.2) is 0 Å². The van der Waals surface area contributed by atoms with Gasteiger partial charge in [0.05, 0.1) is 4.90 Å². The normalized spacial score (nSPS) is 16.8. The van der Waals surface area contributed by atoms with Crippen LogP contribution in [0.5, 0.6) is 0 Å². The fraction of sp³-hybridized carbons (Fsp3) is 0.632. The maximum Gasteiger partial charge on any atom is 0.294 e. The molecule has 0 atom stereocenters. The van der Waals surface area contributed by atoms with Crippen molar-refractivity contribution in [2.75, 3.05) is 13.1 Å². The minimum atomic E-state index is -4.14. The van der Waals surface area contributed by atoms with E-state index in [1.807, 2.05) is 4.90 Å². The Morgan fingerprint density at radius 3 is 2.40 bits per heavy atom. The minimum Gasteiger partial charge on any atom is -0.343 e. The Morgan fingerprint density at radius 1 is 1.08 bits per heavy atom. The molecule has 1 N–H and O–H groups in total. The molecule has 1 fully saturated rings. The molecule has 0 spiro atoms. The van der Waals surface area contributed by atoms with Gasteiger partial charge in [-0.1, -0.05) is 38.8 Å². The second-order valence-electron chi connectivity index (χ2n) is 7.53. The lowest BCUT2D eigenvalue weighted by Gasteiger charge is -2.26. The molecule has 25 heavy (non-hydrogen) atoms. The Labute approximate surface area is 151 Å². The number of nitrogens with zero attached hydrogens (tertiary/aromatic N) is 1. The van der Waals surface area contributed by atoms with E-state index in [0.29, 0.717) is 6.42 Å². The average molecular weight is 368 g/mol. The standard InChI is InChI=1S/C19H29NO4S/c1-19(2,16-9-11-17(12-10-16)25(22,23)24)13-5-7-15-20-14-6-3-4-8-18(20)21/h9-12H,3-8,13-15H2,1-2H3,(H,22,23,24). The Morgan fingerprint density at radius 2 is 1.76 bits per heavy atom. The van der Waals surface area contributed by atoms with Crippen LogP contribution in [0.25, 0.3) is 0 Å². The largest absolute Gasteiger partial charge is 0.343 e. The maximum atomic E-state index is 12.0. The van der Waals surface area contributed by atoms with Crippen molar-refractivity contribution in [3.05, 3.63) is 29.8 Å². The fourth-order valence-corrected chi connectivity index (χ4v) is 3.85. The van der Waals surface area contributed by atoms with E-state index in [1.165, 1.54) is 12.1 Å². The van der Waals surface area contributed by atoms with Crippen LogP contribution in [0.15, 0.2) is 29.2 Å². The summed E-state index contributed by atoms with van der Waals surface area (Å²) in [7, 11) is -4.14. The molecule has 1 saturated heterocycles. The number of likely N-dealkylation sites (tertiary alicyclic amines) is 1. The smallest absolute Gasteiger partial charge is 0.294 e. The van der Waals surface area contributed by atoms with E-state index < -0.39 is 10.1 Å². The van der Waals surface area contributed by atoms with E-state index in [2.05, 4.69) is 13.8 Å². The summed E-state index contributed by atoms with van der Waals surface area (Å²) in [5, 5.41) is 0. The van der Waals surface area contributed by atoms with Crippen LogP contribution in [-0.4, -0.2) is 36.9 Å². The third-order valence-electron chi connectivity index (χ3n) is 5.08. The predicted molar refractivity (Wildman–Crippen MR) is 98.2 cm³/mol. The Kier molecular flexibility index (Phi) is 6.63. The van der Waals surface area contributed by atoms with Gasteiger partial charge in [-0.3, -0.25) is 9.35 Å². The summed E-state index contributed by atoms with van der Waals surface area (Å²) in [5.41, 5.74) is 0.964. The van der Waals surface area contributed by atoms with Crippen molar-refractivity contribution in [2.45, 2.75) is 69.1 Å². The van der Waals surface area contributed by atoms with Crippen LogP contribution in [0.3, 0.4) is 0 Å². The van der Waals surface area contributed by atoms with Crippen LogP contribution in [0.1, 0.15) is 64.4 Å². The van der Waals surface area contributed by atoms with Gasteiger partial charge in [0.15, 0.2) is 0 Å². The summed E-state index contributed by atoms with van der Waals surface area (Å²) in [4.78, 5) is 13.9. The van der Waals surface area contributed by atoms with E-state index in [-0.39, 0.29) is 16.2 Å². The first-order valence-electron chi connectivity index (χ1n) is 9.06. The molecule has 140 valence electrons. The van der Waals surface area contributed by atoms with Crippen molar-refractivity contribution >= 4 is 16.0 Å². The highest BCUT2D eigenvalue weighted by atomic mass is 32.2. The zero-order valence-electron chi connectivity index (χ0n) is 15.2. The highest BCUT2D eigenvalue weighted by Crippen LogP contribution is 2.30. The topological polar surface area (TPSA) is 74.7 Å². The molecule has 0 unspecified atom stereocenters. The molecule has 0 bridgehead atoms. The summed E-state index contributed by atoms with van der Waals surface area (Å²) in [6.07, 6.45) is 6.91. The molecule has 6 heteroatoms. The third-order valence-corrected chi connectivity index (χ3v) is 5.95. The van der Waals surface area contributed by atoms with Crippen LogP contribution in [0.2, 0.25) is 0 Å². The molecule has 1 amide bonds. The molecule has 1 heterocycles. The molecule has 1 aliphatic heterocycles. The van der Waals surface area contributed by atoms with Crippen molar-refractivity contribution in [1.82, 2.24) is 4.90 Å². The number of benzene rings is 1. The number of carbonyl (C=O) groups excluding carboxylic acids is 1. The molecule has 2 rings (SSSR count). The Balaban J connectivity index is 1.85. The number of amides is 1. The summed E-state index contributed by atoms with van der Waals surface area (Å²) in [6.45, 7) is 5.98. The van der Waals surface area contributed by atoms with Gasteiger partial charge in [0, 0.05) is 19.5 Å². The summed E-state index contributed by atoms with van der Waals surface area (Å²) in [5.74, 6) is 0.289. The number of unbranched alkanes of at least 4 members (excludes halogenated alkanes) is 1. The van der Waals surface area contributed by atoms with Crippen LogP contribution in [0.4, 0.5) is 0 Å². The van der Waals surface area contributed by atoms with E-state index in [9.17, 15) is 13.2 Å². The molecular weight excluding hydrogens is 338 g/mol. The first-order valence-corrected chi connectivity index (χ1v) is 10.5. The maximum absolute atomic E-state index is 12.0. The molecule has 5 nitrogen and oxygen atoms in total. The fourth-order valence-electron chi connectivity index (χ4n) is 3.37. The minimum absolute atomic E-state index is 0.0771. The zero-order valence-corrected chi connectivity index (χ0v) is 16.0. The first kappa shape index (κ1) is 19.9. The van der Waals surface area contributed by atoms with Crippen LogP contribution < -0.4 is 0 Å². The second kappa shape index (κ2) is 8.32. The first-order chi connectivity index (χ1) is 11.7. The SMILES string of the molecule is CC(C)(CCCCN1CCCCCC1=O)c1ccc(S(=O)(=O)O)cc1. The Bertz CT molecular complexity index is 680. The number of hydrogen-bond acceptors (Lipinski definition) is 3. The summed E-state index contributed by atoms with van der Waals surface area (Å²) < 4.78 is 31.3. The summed E-state index contributed by atoms with van der Waals surface area (Å²) >= 11 is 0. The predicted octanol–water partition coefficient (Wildman–Crippen LogP) is 3.78. The molecule has 0 radical (unpaired) electrons. The van der Waals surface area contributed by atoms with Gasteiger partial charge in [0.25, 0.3) is 10.1 Å². The lowest BCUT2D eigenvalue weighted by molar-refractivity contribution is -0.130. The van der Waals surface area contributed by atoms with Crippen molar-refractivity contribution in [1.29, 1.82) is 0 Å². The summed E-state index contributed by atoms with van der Waals surface area (Å²) in [6, 6.07) is 6.42. The molecular formula is C19H29NO4S. The quantitative estimate of drug-likeness (QED) is 0.588. The molecule has 0 aliphatic carbocycles. The molecule has 1 aromatic rings. The molecule has 0 aromatic heterocycles. The highest BCUT2D eigenvalue weighted by molar-refractivity contribution is 7.85. The second-order valence-corrected chi connectivity index (χ2v) is 8.95. The van der Waals surface area contributed by atoms with E-state index in [1.54, 1.807) is 12.1 Å². The van der Waals surface area contributed by atoms with E-state index in [0.717, 1.165) is 57.2 Å². The van der Waals surface area contributed by atoms with Crippen molar-refractivity contribution in [2.24, 2.45) is 0 Å². The molecule has 0 saturated carbocycles.